The van der Waals surface area contributed by atoms with E-state index in [-0.39, 0.29) is 30.2 Å². The molecule has 0 aromatic heterocycles. The summed E-state index contributed by atoms with van der Waals surface area (Å²) in [6, 6.07) is 17.2. The molecule has 0 spiro atoms. The van der Waals surface area contributed by atoms with E-state index in [1.54, 1.807) is 6.07 Å². The van der Waals surface area contributed by atoms with Crippen molar-refractivity contribution in [1.82, 2.24) is 4.31 Å². The van der Waals surface area contributed by atoms with Gasteiger partial charge < -0.3 is 10.1 Å². The van der Waals surface area contributed by atoms with Crippen molar-refractivity contribution in [3.63, 3.8) is 0 Å². The Kier molecular flexibility index (Phi) is 8.09. The summed E-state index contributed by atoms with van der Waals surface area (Å²) in [4.78, 5) is 12.8. The van der Waals surface area contributed by atoms with E-state index in [1.807, 2.05) is 62.4 Å². The summed E-state index contributed by atoms with van der Waals surface area (Å²) >= 11 is 0. The zero-order valence-corrected chi connectivity index (χ0v) is 19.1. The van der Waals surface area contributed by atoms with Crippen LogP contribution in [0.1, 0.15) is 38.7 Å². The summed E-state index contributed by atoms with van der Waals surface area (Å²) in [5.74, 6) is 0.294. The lowest BCUT2D eigenvalue weighted by Crippen LogP contribution is -2.44. The Morgan fingerprint density at radius 2 is 1.94 bits per heavy atom. The Labute approximate surface area is 185 Å². The van der Waals surface area contributed by atoms with Crippen LogP contribution in [0.5, 0.6) is 5.75 Å². The molecule has 2 aromatic carbocycles. The first-order chi connectivity index (χ1) is 14.8. The number of nitrogens with one attached hydrogen (secondary N) is 1. The summed E-state index contributed by atoms with van der Waals surface area (Å²) in [5.41, 5.74) is 1.79. The van der Waals surface area contributed by atoms with Crippen LogP contribution in [0.2, 0.25) is 0 Å². The van der Waals surface area contributed by atoms with E-state index in [2.05, 4.69) is 5.32 Å². The molecule has 7 heteroatoms. The van der Waals surface area contributed by atoms with Gasteiger partial charge in [0.2, 0.25) is 15.9 Å². The smallest absolute Gasteiger partial charge is 0.228 e. The number of rotatable bonds is 9. The largest absolute Gasteiger partial charge is 0.491 e. The first-order valence-corrected chi connectivity index (χ1v) is 12.5. The van der Waals surface area contributed by atoms with Crippen molar-refractivity contribution >= 4 is 21.6 Å². The normalized spacial score (nSPS) is 17.5. The number of amides is 1. The van der Waals surface area contributed by atoms with Gasteiger partial charge in [0.25, 0.3) is 0 Å². The van der Waals surface area contributed by atoms with Crippen LogP contribution in [0.3, 0.4) is 0 Å². The van der Waals surface area contributed by atoms with Gasteiger partial charge in [0.15, 0.2) is 0 Å². The number of hydrogen-bond acceptors (Lipinski definition) is 4. The number of aryl methyl sites for hydroxylation is 1. The molecule has 1 unspecified atom stereocenters. The van der Waals surface area contributed by atoms with Gasteiger partial charge in [-0.3, -0.25) is 4.79 Å². The third-order valence-electron chi connectivity index (χ3n) is 5.33. The molecule has 1 amide bonds. The Balaban J connectivity index is 1.54. The molecule has 3 rings (SSSR count). The van der Waals surface area contributed by atoms with Crippen molar-refractivity contribution in [2.45, 2.75) is 45.6 Å². The molecule has 6 nitrogen and oxygen atoms in total. The van der Waals surface area contributed by atoms with Crippen molar-refractivity contribution in [2.24, 2.45) is 5.92 Å². The molecule has 0 aliphatic carbocycles. The molecule has 2 aromatic rings. The lowest BCUT2D eigenvalue weighted by atomic mass is 9.98. The topological polar surface area (TPSA) is 75.7 Å². The first-order valence-electron chi connectivity index (χ1n) is 10.9. The summed E-state index contributed by atoms with van der Waals surface area (Å²) in [5, 5.41) is 2.92. The maximum Gasteiger partial charge on any atom is 0.228 e. The van der Waals surface area contributed by atoms with E-state index in [9.17, 15) is 13.2 Å². The number of carbonyl (C=O) groups excluding carboxylic acids is 1. The van der Waals surface area contributed by atoms with Crippen LogP contribution in [-0.2, 0) is 21.2 Å². The Bertz CT molecular complexity index is 961. The minimum absolute atomic E-state index is 0.0463. The van der Waals surface area contributed by atoms with E-state index in [0.717, 1.165) is 12.0 Å². The van der Waals surface area contributed by atoms with Crippen LogP contribution in [0.4, 0.5) is 5.69 Å². The third kappa shape index (κ3) is 7.08. The van der Waals surface area contributed by atoms with Crippen LogP contribution in [0.15, 0.2) is 54.6 Å². The van der Waals surface area contributed by atoms with Gasteiger partial charge in [0, 0.05) is 24.8 Å². The van der Waals surface area contributed by atoms with E-state index < -0.39 is 10.0 Å². The second-order valence-corrected chi connectivity index (χ2v) is 10.4. The highest BCUT2D eigenvalue weighted by Crippen LogP contribution is 2.24. The van der Waals surface area contributed by atoms with E-state index in [4.69, 9.17) is 4.74 Å². The number of hydrogen-bond donors (Lipinski definition) is 1. The van der Waals surface area contributed by atoms with Crippen molar-refractivity contribution in [1.29, 1.82) is 0 Å². The lowest BCUT2D eigenvalue weighted by molar-refractivity contribution is -0.120. The molecule has 168 valence electrons. The molecule has 31 heavy (non-hydrogen) atoms. The number of carbonyl (C=O) groups is 1. The van der Waals surface area contributed by atoms with Crippen LogP contribution >= 0.6 is 0 Å². The molecule has 1 atom stereocenters. The zero-order chi connectivity index (χ0) is 22.3. The minimum atomic E-state index is -3.38. The molecule has 0 bridgehead atoms. The Morgan fingerprint density at radius 3 is 2.68 bits per heavy atom. The molecule has 1 N–H and O–H groups in total. The fourth-order valence-corrected chi connectivity index (χ4v) is 5.39. The standard InChI is InChI=1S/C24H32N2O4S/c1-19(2)30-23-14-6-13-22(17-23)25-24(27)21-12-7-15-26(18-21)31(28,29)16-8-11-20-9-4-3-5-10-20/h3-6,9-10,13-14,17,19,21H,7-8,11-12,15-16,18H2,1-2H3,(H,25,27). The third-order valence-corrected chi connectivity index (χ3v) is 7.26. The molecule has 1 fully saturated rings. The summed E-state index contributed by atoms with van der Waals surface area (Å²) < 4.78 is 32.8. The molecule has 1 aliphatic heterocycles. The van der Waals surface area contributed by atoms with Crippen molar-refractivity contribution in [3.8, 4) is 5.75 Å². The zero-order valence-electron chi connectivity index (χ0n) is 18.3. The monoisotopic (exact) mass is 444 g/mol. The van der Waals surface area contributed by atoms with Crippen LogP contribution in [0, 0.1) is 5.92 Å². The van der Waals surface area contributed by atoms with Gasteiger partial charge in [-0.1, -0.05) is 36.4 Å². The van der Waals surface area contributed by atoms with Gasteiger partial charge in [-0.25, -0.2) is 12.7 Å². The number of piperidine rings is 1. The van der Waals surface area contributed by atoms with Crippen molar-refractivity contribution in [2.75, 3.05) is 24.2 Å². The van der Waals surface area contributed by atoms with Gasteiger partial charge in [-0.2, -0.15) is 0 Å². The number of nitrogens with zero attached hydrogens (tertiary/aromatic N) is 1. The predicted octanol–water partition coefficient (Wildman–Crippen LogP) is 4.09. The SMILES string of the molecule is CC(C)Oc1cccc(NC(=O)C2CCCN(S(=O)(=O)CCCc3ccccc3)C2)c1. The number of anilines is 1. The molecular weight excluding hydrogens is 412 g/mol. The average Bonchev–Trinajstić information content (AvgIpc) is 2.74. The summed E-state index contributed by atoms with van der Waals surface area (Å²) in [7, 11) is -3.38. The Hall–Kier alpha value is -2.38. The number of ether oxygens (including phenoxy) is 1. The maximum absolute atomic E-state index is 12.8. The summed E-state index contributed by atoms with van der Waals surface area (Å²) in [6.07, 6.45) is 2.72. The average molecular weight is 445 g/mol. The maximum atomic E-state index is 12.8. The fraction of sp³-hybridized carbons (Fsp3) is 0.458. The number of benzene rings is 2. The quantitative estimate of drug-likeness (QED) is 0.632. The van der Waals surface area contributed by atoms with E-state index >= 15 is 0 Å². The lowest BCUT2D eigenvalue weighted by Gasteiger charge is -2.31. The molecule has 1 aliphatic rings. The second kappa shape index (κ2) is 10.8. The van der Waals surface area contributed by atoms with Gasteiger partial charge in [0.05, 0.1) is 17.8 Å². The highest BCUT2D eigenvalue weighted by molar-refractivity contribution is 7.89. The first kappa shape index (κ1) is 23.3. The molecule has 0 saturated carbocycles. The number of sulfonamides is 1. The molecule has 0 radical (unpaired) electrons. The highest BCUT2D eigenvalue weighted by Gasteiger charge is 2.32. The molecule has 1 saturated heterocycles. The van der Waals surface area contributed by atoms with Crippen LogP contribution in [0.25, 0.3) is 0 Å². The van der Waals surface area contributed by atoms with Gasteiger partial charge in [0.1, 0.15) is 5.75 Å². The fourth-order valence-electron chi connectivity index (χ4n) is 3.81. The van der Waals surface area contributed by atoms with Crippen molar-refractivity contribution in [3.05, 3.63) is 60.2 Å². The van der Waals surface area contributed by atoms with E-state index in [0.29, 0.717) is 37.2 Å². The molecular formula is C24H32N2O4S. The predicted molar refractivity (Wildman–Crippen MR) is 124 cm³/mol. The van der Waals surface area contributed by atoms with Crippen LogP contribution in [-0.4, -0.2) is 43.6 Å². The van der Waals surface area contributed by atoms with Gasteiger partial charge in [-0.05, 0) is 57.2 Å². The summed E-state index contributed by atoms with van der Waals surface area (Å²) in [6.45, 7) is 4.61. The second-order valence-electron chi connectivity index (χ2n) is 8.29. The Morgan fingerprint density at radius 1 is 1.16 bits per heavy atom. The van der Waals surface area contributed by atoms with Crippen LogP contribution < -0.4 is 10.1 Å². The van der Waals surface area contributed by atoms with Gasteiger partial charge >= 0.3 is 0 Å². The highest BCUT2D eigenvalue weighted by atomic mass is 32.2. The minimum Gasteiger partial charge on any atom is -0.491 e. The van der Waals surface area contributed by atoms with E-state index in [1.165, 1.54) is 4.31 Å². The van der Waals surface area contributed by atoms with Gasteiger partial charge in [-0.15, -0.1) is 0 Å². The molecule has 1 heterocycles. The van der Waals surface area contributed by atoms with Crippen molar-refractivity contribution < 1.29 is 17.9 Å².